The van der Waals surface area contributed by atoms with Crippen molar-refractivity contribution in [2.24, 2.45) is 0 Å². The molecule has 5 rings (SSSR count). The minimum Gasteiger partial charge on any atom is -0.360 e. The highest BCUT2D eigenvalue weighted by atomic mass is 16.2. The Hall–Kier alpha value is -3.73. The number of aromatic nitrogens is 2. The third-order valence-electron chi connectivity index (χ3n) is 6.19. The zero-order chi connectivity index (χ0) is 22.1. The molecule has 1 aliphatic rings. The number of anilines is 1. The van der Waals surface area contributed by atoms with E-state index < -0.39 is 0 Å². The molecule has 1 aliphatic heterocycles. The molecule has 5 heteroatoms. The molecule has 0 atom stereocenters. The summed E-state index contributed by atoms with van der Waals surface area (Å²) in [7, 11) is 2.04. The number of carbonyl (C=O) groups is 1. The maximum absolute atomic E-state index is 13.4. The largest absolute Gasteiger partial charge is 0.360 e. The summed E-state index contributed by atoms with van der Waals surface area (Å²) >= 11 is 0. The summed E-state index contributed by atoms with van der Waals surface area (Å²) in [6, 6.07) is 24.1. The molecule has 32 heavy (non-hydrogen) atoms. The number of amides is 1. The zero-order valence-electron chi connectivity index (χ0n) is 18.5. The van der Waals surface area contributed by atoms with Gasteiger partial charge in [0, 0.05) is 43.2 Å². The fourth-order valence-electron chi connectivity index (χ4n) is 4.26. The van der Waals surface area contributed by atoms with Crippen LogP contribution in [0.2, 0.25) is 0 Å². The molecule has 160 valence electrons. The van der Waals surface area contributed by atoms with E-state index in [9.17, 15) is 4.79 Å². The highest BCUT2D eigenvalue weighted by Gasteiger charge is 2.27. The van der Waals surface area contributed by atoms with Gasteiger partial charge in [-0.25, -0.2) is 9.97 Å². The average Bonchev–Trinajstić information content (AvgIpc) is 2.87. The molecule has 1 amide bonds. The van der Waals surface area contributed by atoms with E-state index in [1.165, 1.54) is 0 Å². The first-order chi connectivity index (χ1) is 15.6. The van der Waals surface area contributed by atoms with Gasteiger partial charge in [0.2, 0.25) is 0 Å². The van der Waals surface area contributed by atoms with Crippen molar-refractivity contribution in [2.75, 3.05) is 25.0 Å². The van der Waals surface area contributed by atoms with Crippen LogP contribution >= 0.6 is 0 Å². The second-order valence-electron chi connectivity index (χ2n) is 8.21. The quantitative estimate of drug-likeness (QED) is 0.467. The second-order valence-corrected chi connectivity index (χ2v) is 8.21. The molecule has 0 N–H and O–H groups in total. The highest BCUT2D eigenvalue weighted by molar-refractivity contribution is 5.98. The number of rotatable bonds is 4. The van der Waals surface area contributed by atoms with E-state index >= 15 is 0 Å². The summed E-state index contributed by atoms with van der Waals surface area (Å²) in [6.45, 7) is 4.11. The van der Waals surface area contributed by atoms with Gasteiger partial charge in [-0.3, -0.25) is 4.79 Å². The maximum Gasteiger partial charge on any atom is 0.254 e. The van der Waals surface area contributed by atoms with Gasteiger partial charge in [0.05, 0.1) is 12.2 Å². The summed E-state index contributed by atoms with van der Waals surface area (Å²) in [4.78, 5) is 27.2. The molecule has 2 heterocycles. The second kappa shape index (κ2) is 8.42. The lowest BCUT2D eigenvalue weighted by Gasteiger charge is -2.31. The van der Waals surface area contributed by atoms with Crippen LogP contribution in [0, 0.1) is 0 Å². The number of fused-ring (bicyclic) bond motifs is 2. The Morgan fingerprint density at radius 1 is 0.969 bits per heavy atom. The summed E-state index contributed by atoms with van der Waals surface area (Å²) in [5.41, 5.74) is 3.82. The Balaban J connectivity index is 1.49. The molecule has 4 aromatic rings. The Labute approximate surface area is 188 Å². The van der Waals surface area contributed by atoms with E-state index in [1.807, 2.05) is 78.7 Å². The number of hydrogen-bond acceptors (Lipinski definition) is 4. The van der Waals surface area contributed by atoms with E-state index in [0.29, 0.717) is 13.1 Å². The van der Waals surface area contributed by atoms with Crippen molar-refractivity contribution in [1.29, 1.82) is 0 Å². The molecule has 0 saturated heterocycles. The van der Waals surface area contributed by atoms with Crippen molar-refractivity contribution in [1.82, 2.24) is 14.9 Å². The fraction of sp³-hybridized carbons (Fsp3) is 0.222. The van der Waals surface area contributed by atoms with Crippen LogP contribution < -0.4 is 4.90 Å². The average molecular weight is 423 g/mol. The smallest absolute Gasteiger partial charge is 0.254 e. The summed E-state index contributed by atoms with van der Waals surface area (Å²) in [6.07, 6.45) is 0.724. The third kappa shape index (κ3) is 3.71. The molecule has 0 fully saturated rings. The first kappa shape index (κ1) is 20.2. The van der Waals surface area contributed by atoms with Crippen LogP contribution in [0.1, 0.15) is 28.5 Å². The molecular formula is C27H26N4O. The van der Waals surface area contributed by atoms with Crippen LogP contribution in [0.4, 0.5) is 5.82 Å². The van der Waals surface area contributed by atoms with Crippen LogP contribution in [-0.2, 0) is 13.0 Å². The van der Waals surface area contributed by atoms with Gasteiger partial charge < -0.3 is 9.80 Å². The first-order valence-electron chi connectivity index (χ1n) is 11.1. The van der Waals surface area contributed by atoms with Gasteiger partial charge in [0.25, 0.3) is 5.91 Å². The van der Waals surface area contributed by atoms with Crippen molar-refractivity contribution >= 4 is 22.5 Å². The molecule has 5 nitrogen and oxygen atoms in total. The van der Waals surface area contributed by atoms with E-state index in [0.717, 1.165) is 57.8 Å². The van der Waals surface area contributed by atoms with Crippen LogP contribution in [0.25, 0.3) is 22.2 Å². The number of nitrogens with zero attached hydrogens (tertiary/aromatic N) is 4. The van der Waals surface area contributed by atoms with E-state index in [4.69, 9.17) is 9.97 Å². The standard InChI is InChI=1S/C27H26N4O/c1-3-30(2)26-23-18-31(27(32)22-14-13-19-9-7-8-12-21(19)17-22)16-15-24(23)28-25(29-26)20-10-5-4-6-11-20/h4-14,17H,3,15-16,18H2,1-2H3. The van der Waals surface area contributed by atoms with E-state index in [-0.39, 0.29) is 5.91 Å². The van der Waals surface area contributed by atoms with Crippen molar-refractivity contribution in [3.8, 4) is 11.4 Å². The molecule has 0 bridgehead atoms. The molecule has 1 aromatic heterocycles. The Bertz CT molecular complexity index is 1290. The van der Waals surface area contributed by atoms with Gasteiger partial charge in [0.15, 0.2) is 5.82 Å². The molecule has 0 unspecified atom stereocenters. The number of carbonyl (C=O) groups excluding carboxylic acids is 1. The zero-order valence-corrected chi connectivity index (χ0v) is 18.5. The summed E-state index contributed by atoms with van der Waals surface area (Å²) in [5.74, 6) is 1.71. The monoisotopic (exact) mass is 422 g/mol. The van der Waals surface area contributed by atoms with Gasteiger partial charge in [-0.05, 0) is 29.8 Å². The van der Waals surface area contributed by atoms with E-state index in [2.05, 4.69) is 17.9 Å². The maximum atomic E-state index is 13.4. The normalized spacial score (nSPS) is 13.1. The van der Waals surface area contributed by atoms with Crippen molar-refractivity contribution < 1.29 is 4.79 Å². The Morgan fingerprint density at radius 2 is 1.72 bits per heavy atom. The molecule has 0 saturated carbocycles. The lowest BCUT2D eigenvalue weighted by molar-refractivity contribution is 0.0734. The van der Waals surface area contributed by atoms with Crippen LogP contribution in [0.15, 0.2) is 72.8 Å². The topological polar surface area (TPSA) is 49.3 Å². The van der Waals surface area contributed by atoms with Crippen molar-refractivity contribution in [3.63, 3.8) is 0 Å². The van der Waals surface area contributed by atoms with Gasteiger partial charge in [-0.1, -0.05) is 60.7 Å². The highest BCUT2D eigenvalue weighted by Crippen LogP contribution is 2.30. The lowest BCUT2D eigenvalue weighted by atomic mass is 10.0. The van der Waals surface area contributed by atoms with Crippen molar-refractivity contribution in [2.45, 2.75) is 19.9 Å². The summed E-state index contributed by atoms with van der Waals surface area (Å²) < 4.78 is 0. The SMILES string of the molecule is CCN(C)c1nc(-c2ccccc2)nc2c1CN(C(=O)c1ccc3ccccc3c1)CC2. The number of hydrogen-bond donors (Lipinski definition) is 0. The molecule has 0 aliphatic carbocycles. The van der Waals surface area contributed by atoms with Crippen LogP contribution in [0.3, 0.4) is 0 Å². The minimum absolute atomic E-state index is 0.0543. The molecular weight excluding hydrogens is 396 g/mol. The van der Waals surface area contributed by atoms with Gasteiger partial charge >= 0.3 is 0 Å². The van der Waals surface area contributed by atoms with E-state index in [1.54, 1.807) is 0 Å². The Kier molecular flexibility index (Phi) is 5.31. The van der Waals surface area contributed by atoms with Gasteiger partial charge in [0.1, 0.15) is 5.82 Å². The van der Waals surface area contributed by atoms with Crippen LogP contribution in [0.5, 0.6) is 0 Å². The summed E-state index contributed by atoms with van der Waals surface area (Å²) in [5, 5.41) is 2.22. The van der Waals surface area contributed by atoms with Gasteiger partial charge in [-0.2, -0.15) is 0 Å². The van der Waals surface area contributed by atoms with Gasteiger partial charge in [-0.15, -0.1) is 0 Å². The van der Waals surface area contributed by atoms with Crippen molar-refractivity contribution in [3.05, 3.63) is 89.6 Å². The fourth-order valence-corrected chi connectivity index (χ4v) is 4.26. The first-order valence-corrected chi connectivity index (χ1v) is 11.1. The molecule has 3 aromatic carbocycles. The predicted octanol–water partition coefficient (Wildman–Crippen LogP) is 4.95. The molecule has 0 radical (unpaired) electrons. The lowest BCUT2D eigenvalue weighted by Crippen LogP contribution is -2.37. The van der Waals surface area contributed by atoms with Crippen LogP contribution in [-0.4, -0.2) is 40.9 Å². The molecule has 0 spiro atoms. The Morgan fingerprint density at radius 3 is 2.50 bits per heavy atom. The predicted molar refractivity (Wildman–Crippen MR) is 129 cm³/mol. The number of benzene rings is 3. The third-order valence-corrected chi connectivity index (χ3v) is 6.19. The minimum atomic E-state index is 0.0543.